The molecule has 0 radical (unpaired) electrons. The molecule has 4 nitrogen and oxygen atoms in total. The summed E-state index contributed by atoms with van der Waals surface area (Å²) < 4.78 is 0. The normalized spacial score (nSPS) is 12.1. The van der Waals surface area contributed by atoms with Crippen molar-refractivity contribution in [1.82, 2.24) is 0 Å². The Kier molecular flexibility index (Phi) is 4.89. The highest BCUT2D eigenvalue weighted by molar-refractivity contribution is 6.53. The van der Waals surface area contributed by atoms with Crippen molar-refractivity contribution in [1.29, 1.82) is 0 Å². The van der Waals surface area contributed by atoms with Crippen molar-refractivity contribution in [3.8, 4) is 0 Å². The van der Waals surface area contributed by atoms with Crippen molar-refractivity contribution < 1.29 is 9.68 Å². The molecule has 0 heterocycles. The van der Waals surface area contributed by atoms with Gasteiger partial charge in [0.05, 0.1) is 0 Å². The fraction of sp³-hybridized carbons (Fsp3) is 0.125. The van der Waals surface area contributed by atoms with Crippen LogP contribution in [-0.2, 0) is 9.68 Å². The lowest BCUT2D eigenvalue weighted by Gasteiger charge is -2.09. The van der Waals surface area contributed by atoms with Crippen LogP contribution in [0.4, 0.5) is 0 Å². The van der Waals surface area contributed by atoms with E-state index in [1.54, 1.807) is 0 Å². The summed E-state index contributed by atoms with van der Waals surface area (Å²) in [5, 5.41) is 8.19. The number of rotatable bonds is 5. The van der Waals surface area contributed by atoms with Crippen molar-refractivity contribution >= 4 is 11.4 Å². The predicted molar refractivity (Wildman–Crippen MR) is 80.0 cm³/mol. The summed E-state index contributed by atoms with van der Waals surface area (Å²) in [6.45, 7) is 0. The van der Waals surface area contributed by atoms with Gasteiger partial charge >= 0.3 is 0 Å². The van der Waals surface area contributed by atoms with E-state index in [-0.39, 0.29) is 0 Å². The molecule has 20 heavy (non-hydrogen) atoms. The van der Waals surface area contributed by atoms with E-state index < -0.39 is 0 Å². The Labute approximate surface area is 118 Å². The minimum absolute atomic E-state index is 0.626. The maximum atomic E-state index is 4.96. The summed E-state index contributed by atoms with van der Waals surface area (Å²) in [5.74, 6) is 0. The molecule has 0 spiro atoms. The van der Waals surface area contributed by atoms with Gasteiger partial charge in [-0.15, -0.1) is 0 Å². The summed E-state index contributed by atoms with van der Waals surface area (Å²) in [5.41, 5.74) is 3.07. The lowest BCUT2D eigenvalue weighted by Crippen LogP contribution is -2.18. The highest BCUT2D eigenvalue weighted by Gasteiger charge is 2.15. The maximum absolute atomic E-state index is 4.96. The van der Waals surface area contributed by atoms with Crippen molar-refractivity contribution in [3.63, 3.8) is 0 Å². The second-order valence-corrected chi connectivity index (χ2v) is 3.98. The standard InChI is InChI=1S/C16H16N2O2/c1-19-17-15(13-9-5-3-6-10-13)16(18-20-2)14-11-7-4-8-12-14/h3-12H,1-2H3/b17-15-,18-16-. The summed E-state index contributed by atoms with van der Waals surface area (Å²) in [6.07, 6.45) is 0. The van der Waals surface area contributed by atoms with E-state index in [4.69, 9.17) is 9.68 Å². The Morgan fingerprint density at radius 1 is 0.650 bits per heavy atom. The van der Waals surface area contributed by atoms with Gasteiger partial charge in [-0.3, -0.25) is 0 Å². The van der Waals surface area contributed by atoms with Gasteiger partial charge in [0.1, 0.15) is 25.6 Å². The van der Waals surface area contributed by atoms with Gasteiger partial charge in [0.25, 0.3) is 0 Å². The smallest absolute Gasteiger partial charge is 0.139 e. The number of hydrogen-bond acceptors (Lipinski definition) is 4. The summed E-state index contributed by atoms with van der Waals surface area (Å²) in [6, 6.07) is 19.5. The van der Waals surface area contributed by atoms with Gasteiger partial charge in [-0.05, 0) is 0 Å². The van der Waals surface area contributed by atoms with Gasteiger partial charge in [0.2, 0.25) is 0 Å². The molecule has 0 N–H and O–H groups in total. The van der Waals surface area contributed by atoms with E-state index in [0.29, 0.717) is 11.4 Å². The monoisotopic (exact) mass is 268 g/mol. The third-order valence-electron chi connectivity index (χ3n) is 2.68. The Balaban J connectivity index is 2.51. The van der Waals surface area contributed by atoms with E-state index in [0.717, 1.165) is 11.1 Å². The first kappa shape index (κ1) is 13.8. The third kappa shape index (κ3) is 3.23. The molecule has 0 amide bonds. The first-order valence-electron chi connectivity index (χ1n) is 6.20. The van der Waals surface area contributed by atoms with Gasteiger partial charge in [-0.1, -0.05) is 71.0 Å². The van der Waals surface area contributed by atoms with Gasteiger partial charge in [0, 0.05) is 11.1 Å². The molecule has 0 saturated carbocycles. The molecule has 102 valence electrons. The molecule has 0 aromatic heterocycles. The lowest BCUT2D eigenvalue weighted by atomic mass is 10.00. The molecular formula is C16H16N2O2. The van der Waals surface area contributed by atoms with Crippen LogP contribution in [0.5, 0.6) is 0 Å². The first-order valence-corrected chi connectivity index (χ1v) is 6.20. The minimum atomic E-state index is 0.626. The topological polar surface area (TPSA) is 43.2 Å². The molecular weight excluding hydrogens is 252 g/mol. The van der Waals surface area contributed by atoms with Crippen molar-refractivity contribution in [3.05, 3.63) is 71.8 Å². The van der Waals surface area contributed by atoms with Crippen LogP contribution in [0.1, 0.15) is 11.1 Å². The average molecular weight is 268 g/mol. The molecule has 0 unspecified atom stereocenters. The zero-order valence-electron chi connectivity index (χ0n) is 11.5. The molecule has 0 bridgehead atoms. The zero-order chi connectivity index (χ0) is 14.2. The summed E-state index contributed by atoms with van der Waals surface area (Å²) >= 11 is 0. The van der Waals surface area contributed by atoms with Crippen LogP contribution in [0.15, 0.2) is 71.0 Å². The Hall–Kier alpha value is -2.62. The Morgan fingerprint density at radius 2 is 1.00 bits per heavy atom. The molecule has 0 aliphatic rings. The molecule has 4 heteroatoms. The summed E-state index contributed by atoms with van der Waals surface area (Å²) in [7, 11) is 3.02. The van der Waals surface area contributed by atoms with Gasteiger partial charge in [-0.25, -0.2) is 0 Å². The molecule has 2 aromatic rings. The van der Waals surface area contributed by atoms with Crippen LogP contribution in [0, 0.1) is 0 Å². The SMILES string of the molecule is CO/N=C(\C(=N/OC)c1ccccc1)c1ccccc1. The van der Waals surface area contributed by atoms with Gasteiger partial charge in [-0.2, -0.15) is 0 Å². The van der Waals surface area contributed by atoms with Gasteiger partial charge < -0.3 is 9.68 Å². The second kappa shape index (κ2) is 7.09. The summed E-state index contributed by atoms with van der Waals surface area (Å²) in [4.78, 5) is 9.92. The van der Waals surface area contributed by atoms with Crippen molar-refractivity contribution in [2.45, 2.75) is 0 Å². The van der Waals surface area contributed by atoms with Crippen LogP contribution in [0.3, 0.4) is 0 Å². The third-order valence-corrected chi connectivity index (χ3v) is 2.68. The molecule has 0 aliphatic heterocycles. The quantitative estimate of drug-likeness (QED) is 0.617. The largest absolute Gasteiger partial charge is 0.399 e. The first-order chi connectivity index (χ1) is 9.86. The van der Waals surface area contributed by atoms with Crippen LogP contribution in [0.25, 0.3) is 0 Å². The van der Waals surface area contributed by atoms with Crippen LogP contribution >= 0.6 is 0 Å². The lowest BCUT2D eigenvalue weighted by molar-refractivity contribution is 0.210. The number of oxime groups is 2. The minimum Gasteiger partial charge on any atom is -0.399 e. The predicted octanol–water partition coefficient (Wildman–Crippen LogP) is 3.09. The number of nitrogens with zero attached hydrogens (tertiary/aromatic N) is 2. The molecule has 0 saturated heterocycles. The van der Waals surface area contributed by atoms with E-state index in [9.17, 15) is 0 Å². The molecule has 0 aliphatic carbocycles. The zero-order valence-corrected chi connectivity index (χ0v) is 11.5. The number of hydrogen-bond donors (Lipinski definition) is 0. The molecule has 0 atom stereocenters. The Morgan fingerprint density at radius 3 is 1.30 bits per heavy atom. The highest BCUT2D eigenvalue weighted by atomic mass is 16.6. The van der Waals surface area contributed by atoms with E-state index in [2.05, 4.69) is 10.3 Å². The van der Waals surface area contributed by atoms with E-state index >= 15 is 0 Å². The Bertz CT molecular complexity index is 537. The molecule has 2 aromatic carbocycles. The number of benzene rings is 2. The van der Waals surface area contributed by atoms with Crippen molar-refractivity contribution in [2.24, 2.45) is 10.3 Å². The molecule has 0 fully saturated rings. The highest BCUT2D eigenvalue weighted by Crippen LogP contribution is 2.11. The molecule has 2 rings (SSSR count). The fourth-order valence-electron chi connectivity index (χ4n) is 1.84. The maximum Gasteiger partial charge on any atom is 0.139 e. The van der Waals surface area contributed by atoms with E-state index in [1.807, 2.05) is 60.7 Å². The van der Waals surface area contributed by atoms with E-state index in [1.165, 1.54) is 14.2 Å². The van der Waals surface area contributed by atoms with Crippen LogP contribution in [0.2, 0.25) is 0 Å². The second-order valence-electron chi connectivity index (χ2n) is 3.98. The fourth-order valence-corrected chi connectivity index (χ4v) is 1.84. The van der Waals surface area contributed by atoms with Gasteiger partial charge in [0.15, 0.2) is 0 Å². The van der Waals surface area contributed by atoms with Crippen LogP contribution < -0.4 is 0 Å². The van der Waals surface area contributed by atoms with Crippen LogP contribution in [-0.4, -0.2) is 25.6 Å². The van der Waals surface area contributed by atoms with Crippen molar-refractivity contribution in [2.75, 3.05) is 14.2 Å². The average Bonchev–Trinajstić information content (AvgIpc) is 2.52.